The van der Waals surface area contributed by atoms with E-state index in [1.165, 1.54) is 24.0 Å². The molecule has 1 N–H and O–H groups in total. The van der Waals surface area contributed by atoms with Crippen LogP contribution in [0.25, 0.3) is 0 Å². The van der Waals surface area contributed by atoms with Crippen molar-refractivity contribution in [2.45, 2.75) is 43.9 Å². The summed E-state index contributed by atoms with van der Waals surface area (Å²) in [6.07, 6.45) is 4.95. The molecule has 0 amide bonds. The number of thioether (sulfide) groups is 1. The summed E-state index contributed by atoms with van der Waals surface area (Å²) < 4.78 is 0.327. The summed E-state index contributed by atoms with van der Waals surface area (Å²) in [6, 6.07) is 9.14. The third-order valence-electron chi connectivity index (χ3n) is 3.46. The van der Waals surface area contributed by atoms with E-state index in [0.29, 0.717) is 4.75 Å². The van der Waals surface area contributed by atoms with Crippen molar-refractivity contribution in [1.29, 1.82) is 0 Å². The third-order valence-corrected chi connectivity index (χ3v) is 4.71. The maximum absolute atomic E-state index is 3.54. The lowest BCUT2D eigenvalue weighted by atomic mass is 10.1. The van der Waals surface area contributed by atoms with E-state index in [2.05, 4.69) is 49.7 Å². The Morgan fingerprint density at radius 1 is 1.24 bits per heavy atom. The minimum atomic E-state index is 0.327. The SMILES string of the molecule is CSC(C)(C)CNCc1ccc(C2CC2)cc1. The zero-order valence-corrected chi connectivity index (χ0v) is 11.9. The second kappa shape index (κ2) is 5.45. The van der Waals surface area contributed by atoms with Gasteiger partial charge in [-0.05, 0) is 50.0 Å². The van der Waals surface area contributed by atoms with Crippen molar-refractivity contribution in [3.8, 4) is 0 Å². The molecule has 0 aliphatic heterocycles. The van der Waals surface area contributed by atoms with Gasteiger partial charge < -0.3 is 5.32 Å². The predicted octanol–water partition coefficient (Wildman–Crippen LogP) is 3.80. The fourth-order valence-electron chi connectivity index (χ4n) is 1.90. The molecule has 94 valence electrons. The van der Waals surface area contributed by atoms with Crippen LogP contribution in [0.5, 0.6) is 0 Å². The Morgan fingerprint density at radius 2 is 1.88 bits per heavy atom. The first-order valence-electron chi connectivity index (χ1n) is 6.45. The molecule has 2 rings (SSSR count). The number of benzene rings is 1. The van der Waals surface area contributed by atoms with Crippen molar-refractivity contribution in [2.24, 2.45) is 0 Å². The summed E-state index contributed by atoms with van der Waals surface area (Å²) in [4.78, 5) is 0. The van der Waals surface area contributed by atoms with E-state index in [9.17, 15) is 0 Å². The lowest BCUT2D eigenvalue weighted by Crippen LogP contribution is -2.31. The molecule has 2 heteroatoms. The van der Waals surface area contributed by atoms with Crippen molar-refractivity contribution in [3.63, 3.8) is 0 Å². The lowest BCUT2D eigenvalue weighted by Gasteiger charge is -2.22. The summed E-state index contributed by atoms with van der Waals surface area (Å²) in [5, 5.41) is 3.54. The molecule has 1 aromatic carbocycles. The van der Waals surface area contributed by atoms with Gasteiger partial charge in [0.15, 0.2) is 0 Å². The molecule has 1 saturated carbocycles. The van der Waals surface area contributed by atoms with Gasteiger partial charge in [0.1, 0.15) is 0 Å². The Bertz CT molecular complexity index is 352. The monoisotopic (exact) mass is 249 g/mol. The van der Waals surface area contributed by atoms with Crippen LogP contribution in [-0.2, 0) is 6.54 Å². The molecule has 0 heterocycles. The van der Waals surface area contributed by atoms with Gasteiger partial charge in [0.25, 0.3) is 0 Å². The van der Waals surface area contributed by atoms with Crippen LogP contribution in [0.3, 0.4) is 0 Å². The molecule has 1 aliphatic carbocycles. The fraction of sp³-hybridized carbons (Fsp3) is 0.600. The molecule has 17 heavy (non-hydrogen) atoms. The zero-order valence-electron chi connectivity index (χ0n) is 11.1. The lowest BCUT2D eigenvalue weighted by molar-refractivity contribution is 0.591. The van der Waals surface area contributed by atoms with E-state index in [4.69, 9.17) is 0 Å². The second-order valence-corrected chi connectivity index (χ2v) is 7.10. The predicted molar refractivity (Wildman–Crippen MR) is 77.7 cm³/mol. The van der Waals surface area contributed by atoms with Gasteiger partial charge in [-0.25, -0.2) is 0 Å². The molecule has 0 atom stereocenters. The minimum absolute atomic E-state index is 0.327. The number of nitrogens with one attached hydrogen (secondary N) is 1. The average Bonchev–Trinajstić information content (AvgIpc) is 3.14. The Kier molecular flexibility index (Phi) is 4.16. The van der Waals surface area contributed by atoms with Gasteiger partial charge in [-0.3, -0.25) is 0 Å². The van der Waals surface area contributed by atoms with Crippen LogP contribution in [0.1, 0.15) is 43.7 Å². The van der Waals surface area contributed by atoms with E-state index in [0.717, 1.165) is 19.0 Å². The van der Waals surface area contributed by atoms with Crippen LogP contribution in [0.15, 0.2) is 24.3 Å². The quantitative estimate of drug-likeness (QED) is 0.823. The molecule has 1 aromatic rings. The molecular formula is C15H23NS. The number of hydrogen-bond acceptors (Lipinski definition) is 2. The Morgan fingerprint density at radius 3 is 2.41 bits per heavy atom. The topological polar surface area (TPSA) is 12.0 Å². The molecule has 0 radical (unpaired) electrons. The minimum Gasteiger partial charge on any atom is -0.311 e. The smallest absolute Gasteiger partial charge is 0.0225 e. The Balaban J connectivity index is 1.78. The first kappa shape index (κ1) is 13.0. The van der Waals surface area contributed by atoms with Gasteiger partial charge in [-0.1, -0.05) is 24.3 Å². The highest BCUT2D eigenvalue weighted by Crippen LogP contribution is 2.39. The van der Waals surface area contributed by atoms with Crippen LogP contribution in [0, 0.1) is 0 Å². The molecule has 0 unspecified atom stereocenters. The van der Waals surface area contributed by atoms with Gasteiger partial charge in [-0.2, -0.15) is 11.8 Å². The Labute approximate surface area is 109 Å². The van der Waals surface area contributed by atoms with Gasteiger partial charge >= 0.3 is 0 Å². The first-order chi connectivity index (χ1) is 8.11. The zero-order chi connectivity index (χ0) is 12.3. The van der Waals surface area contributed by atoms with Crippen molar-refractivity contribution in [1.82, 2.24) is 5.32 Å². The van der Waals surface area contributed by atoms with E-state index in [-0.39, 0.29) is 0 Å². The molecule has 1 fully saturated rings. The highest BCUT2D eigenvalue weighted by molar-refractivity contribution is 7.99. The number of rotatable bonds is 6. The number of hydrogen-bond donors (Lipinski definition) is 1. The highest BCUT2D eigenvalue weighted by Gasteiger charge is 2.22. The first-order valence-corrected chi connectivity index (χ1v) is 7.68. The summed E-state index contributed by atoms with van der Waals surface area (Å²) in [7, 11) is 0. The molecule has 0 aromatic heterocycles. The molecule has 1 aliphatic rings. The van der Waals surface area contributed by atoms with Crippen molar-refractivity contribution in [3.05, 3.63) is 35.4 Å². The van der Waals surface area contributed by atoms with Gasteiger partial charge in [0.2, 0.25) is 0 Å². The summed E-state index contributed by atoms with van der Waals surface area (Å²) in [5.41, 5.74) is 2.92. The third kappa shape index (κ3) is 4.04. The fourth-order valence-corrected chi connectivity index (χ4v) is 2.15. The summed E-state index contributed by atoms with van der Waals surface area (Å²) >= 11 is 1.91. The average molecular weight is 249 g/mol. The van der Waals surface area contributed by atoms with Crippen LogP contribution in [-0.4, -0.2) is 17.5 Å². The molecule has 0 saturated heterocycles. The summed E-state index contributed by atoms with van der Waals surface area (Å²) in [6.45, 7) is 6.59. The van der Waals surface area contributed by atoms with Crippen molar-refractivity contribution < 1.29 is 0 Å². The Hall–Kier alpha value is -0.470. The van der Waals surface area contributed by atoms with Crippen LogP contribution < -0.4 is 5.32 Å². The van der Waals surface area contributed by atoms with E-state index in [1.807, 2.05) is 11.8 Å². The molecule has 1 nitrogen and oxygen atoms in total. The van der Waals surface area contributed by atoms with Gasteiger partial charge in [0, 0.05) is 17.8 Å². The van der Waals surface area contributed by atoms with Crippen molar-refractivity contribution in [2.75, 3.05) is 12.8 Å². The highest BCUT2D eigenvalue weighted by atomic mass is 32.2. The van der Waals surface area contributed by atoms with E-state index < -0.39 is 0 Å². The van der Waals surface area contributed by atoms with Gasteiger partial charge in [0.05, 0.1) is 0 Å². The van der Waals surface area contributed by atoms with Crippen LogP contribution >= 0.6 is 11.8 Å². The van der Waals surface area contributed by atoms with Crippen LogP contribution in [0.4, 0.5) is 0 Å². The second-order valence-electron chi connectivity index (χ2n) is 5.58. The standard InChI is InChI=1S/C15H23NS/c1-15(2,17-3)11-16-10-12-4-6-13(7-5-12)14-8-9-14/h4-7,14,16H,8-11H2,1-3H3. The van der Waals surface area contributed by atoms with E-state index in [1.54, 1.807) is 0 Å². The van der Waals surface area contributed by atoms with E-state index >= 15 is 0 Å². The van der Waals surface area contributed by atoms with Crippen molar-refractivity contribution >= 4 is 11.8 Å². The largest absolute Gasteiger partial charge is 0.311 e. The summed E-state index contributed by atoms with van der Waals surface area (Å²) in [5.74, 6) is 0.868. The molecule has 0 bridgehead atoms. The molecule has 0 spiro atoms. The maximum Gasteiger partial charge on any atom is 0.0225 e. The van der Waals surface area contributed by atoms with Gasteiger partial charge in [-0.15, -0.1) is 0 Å². The van der Waals surface area contributed by atoms with Crippen LogP contribution in [0.2, 0.25) is 0 Å². The molecular weight excluding hydrogens is 226 g/mol. The normalized spacial score (nSPS) is 16.2. The maximum atomic E-state index is 3.54.